The maximum absolute atomic E-state index is 13.2. The molecule has 132 valence electrons. The topological polar surface area (TPSA) is 65.1 Å². The van der Waals surface area contributed by atoms with Gasteiger partial charge >= 0.3 is 11.9 Å². The highest BCUT2D eigenvalue weighted by Crippen LogP contribution is 2.69. The molecule has 0 aromatic heterocycles. The molecular formula is C19H26O5. The fourth-order valence-electron chi connectivity index (χ4n) is 6.25. The summed E-state index contributed by atoms with van der Waals surface area (Å²) in [6, 6.07) is 0. The van der Waals surface area contributed by atoms with E-state index in [2.05, 4.69) is 0 Å². The Morgan fingerprint density at radius 2 is 1.83 bits per heavy atom. The van der Waals surface area contributed by atoms with Crippen LogP contribution in [-0.2, 0) is 23.8 Å². The molecule has 24 heavy (non-hydrogen) atoms. The number of esters is 2. The van der Waals surface area contributed by atoms with Crippen molar-refractivity contribution in [3.63, 3.8) is 0 Å². The van der Waals surface area contributed by atoms with Gasteiger partial charge in [0, 0.05) is 5.41 Å². The van der Waals surface area contributed by atoms with E-state index in [1.807, 2.05) is 20.8 Å². The van der Waals surface area contributed by atoms with E-state index in [-0.39, 0.29) is 29.2 Å². The molecule has 3 saturated carbocycles. The number of carbonyl (C=O) groups is 2. The molecule has 0 unspecified atom stereocenters. The van der Waals surface area contributed by atoms with Crippen molar-refractivity contribution in [2.24, 2.45) is 10.8 Å². The van der Waals surface area contributed by atoms with E-state index < -0.39 is 16.4 Å². The molecule has 5 atom stereocenters. The van der Waals surface area contributed by atoms with E-state index in [9.17, 15) is 9.59 Å². The Hall–Kier alpha value is -1.10. The molecule has 0 aromatic carbocycles. The van der Waals surface area contributed by atoms with Crippen LogP contribution in [0.2, 0.25) is 0 Å². The molecule has 0 amide bonds. The number of fused-ring (bicyclic) bond motifs is 2. The summed E-state index contributed by atoms with van der Waals surface area (Å²) in [7, 11) is 0. The van der Waals surface area contributed by atoms with Crippen molar-refractivity contribution in [1.82, 2.24) is 0 Å². The second kappa shape index (κ2) is 4.00. The summed E-state index contributed by atoms with van der Waals surface area (Å²) in [5.41, 5.74) is -2.53. The number of ether oxygens (including phenoxy) is 3. The lowest BCUT2D eigenvalue weighted by Gasteiger charge is -2.36. The van der Waals surface area contributed by atoms with Crippen LogP contribution in [0, 0.1) is 10.8 Å². The highest BCUT2D eigenvalue weighted by Gasteiger charge is 2.80. The third-order valence-corrected chi connectivity index (χ3v) is 8.48. The van der Waals surface area contributed by atoms with Crippen molar-refractivity contribution in [1.29, 1.82) is 0 Å². The highest BCUT2D eigenvalue weighted by molar-refractivity contribution is 5.93. The van der Waals surface area contributed by atoms with Gasteiger partial charge in [0.1, 0.15) is 17.3 Å². The van der Waals surface area contributed by atoms with Gasteiger partial charge < -0.3 is 14.2 Å². The SMILES string of the molecule is CC1(C)[C@]2(C)CC[C@]1(C(=O)O[C@H]1CC[C@@]34CCCC[C@@]13O4)OC2=O. The van der Waals surface area contributed by atoms with E-state index in [0.29, 0.717) is 12.8 Å². The van der Waals surface area contributed by atoms with E-state index in [4.69, 9.17) is 14.2 Å². The van der Waals surface area contributed by atoms with Crippen molar-refractivity contribution < 1.29 is 23.8 Å². The Morgan fingerprint density at radius 3 is 2.50 bits per heavy atom. The average Bonchev–Trinajstić information content (AvgIpc) is 3.02. The Bertz CT molecular complexity index is 652. The van der Waals surface area contributed by atoms with Crippen LogP contribution in [0.4, 0.5) is 0 Å². The smallest absolute Gasteiger partial charge is 0.351 e. The first-order valence-corrected chi connectivity index (χ1v) is 9.38. The highest BCUT2D eigenvalue weighted by atomic mass is 16.7. The van der Waals surface area contributed by atoms with Crippen LogP contribution < -0.4 is 0 Å². The second-order valence-corrected chi connectivity index (χ2v) is 9.30. The average molecular weight is 334 g/mol. The number of carbonyl (C=O) groups excluding carboxylic acids is 2. The maximum atomic E-state index is 13.2. The van der Waals surface area contributed by atoms with Crippen LogP contribution in [0.3, 0.4) is 0 Å². The number of rotatable bonds is 2. The lowest BCUT2D eigenvalue weighted by Crippen LogP contribution is -2.51. The lowest BCUT2D eigenvalue weighted by atomic mass is 9.66. The number of hydrogen-bond acceptors (Lipinski definition) is 5. The van der Waals surface area contributed by atoms with Crippen LogP contribution >= 0.6 is 0 Å². The van der Waals surface area contributed by atoms with Gasteiger partial charge in [-0.1, -0.05) is 26.7 Å². The fourth-order valence-corrected chi connectivity index (χ4v) is 6.25. The largest absolute Gasteiger partial charge is 0.456 e. The predicted molar refractivity (Wildman–Crippen MR) is 84.1 cm³/mol. The maximum Gasteiger partial charge on any atom is 0.351 e. The van der Waals surface area contributed by atoms with Crippen molar-refractivity contribution >= 4 is 11.9 Å². The predicted octanol–water partition coefficient (Wildman–Crippen LogP) is 2.90. The Kier molecular flexibility index (Phi) is 2.53. The van der Waals surface area contributed by atoms with Crippen molar-refractivity contribution in [3.8, 4) is 0 Å². The molecule has 5 aliphatic rings. The Balaban J connectivity index is 1.42. The summed E-state index contributed by atoms with van der Waals surface area (Å²) in [5, 5.41) is 0. The van der Waals surface area contributed by atoms with Crippen molar-refractivity contribution in [2.75, 3.05) is 0 Å². The molecule has 5 heteroatoms. The van der Waals surface area contributed by atoms with E-state index in [1.54, 1.807) is 0 Å². The zero-order chi connectivity index (χ0) is 17.0. The lowest BCUT2D eigenvalue weighted by molar-refractivity contribution is -0.189. The molecule has 3 aliphatic carbocycles. The summed E-state index contributed by atoms with van der Waals surface area (Å²) in [6.45, 7) is 5.86. The minimum absolute atomic E-state index is 0.0279. The molecule has 5 rings (SSSR count). The Labute approximate surface area is 142 Å². The molecule has 5 fully saturated rings. The summed E-state index contributed by atoms with van der Waals surface area (Å²) in [4.78, 5) is 25.5. The minimum Gasteiger partial charge on any atom is -0.456 e. The van der Waals surface area contributed by atoms with Crippen LogP contribution in [0.5, 0.6) is 0 Å². The minimum atomic E-state index is -1.12. The quantitative estimate of drug-likeness (QED) is 0.574. The molecular weight excluding hydrogens is 308 g/mol. The van der Waals surface area contributed by atoms with Gasteiger partial charge in [-0.25, -0.2) is 4.79 Å². The normalized spacial score (nSPS) is 53.3. The number of epoxide rings is 1. The van der Waals surface area contributed by atoms with Crippen molar-refractivity contribution in [2.45, 2.75) is 95.0 Å². The van der Waals surface area contributed by atoms with E-state index >= 15 is 0 Å². The summed E-state index contributed by atoms with van der Waals surface area (Å²) >= 11 is 0. The van der Waals surface area contributed by atoms with Crippen LogP contribution in [0.15, 0.2) is 0 Å². The third-order valence-electron chi connectivity index (χ3n) is 8.48. The first-order valence-electron chi connectivity index (χ1n) is 9.38. The fraction of sp³-hybridized carbons (Fsp3) is 0.895. The first-order chi connectivity index (χ1) is 11.2. The standard InChI is InChI=1S/C19H26O5/c1-15(2)16(3)10-11-19(15,23-13(16)20)14(21)22-12-6-9-17-7-4-5-8-18(12,17)24-17/h12H,4-11H2,1-3H3/t12-,16+,17-,18+,19+/m0/s1. The summed E-state index contributed by atoms with van der Waals surface area (Å²) in [6.07, 6.45) is 7.34. The van der Waals surface area contributed by atoms with Gasteiger partial charge in [0.05, 0.1) is 5.41 Å². The van der Waals surface area contributed by atoms with Crippen LogP contribution in [-0.4, -0.2) is 34.8 Å². The summed E-state index contributed by atoms with van der Waals surface area (Å²) in [5.74, 6) is -0.603. The van der Waals surface area contributed by atoms with E-state index in [0.717, 1.165) is 32.1 Å². The van der Waals surface area contributed by atoms with Gasteiger partial charge in [-0.3, -0.25) is 4.79 Å². The molecule has 5 nitrogen and oxygen atoms in total. The summed E-state index contributed by atoms with van der Waals surface area (Å²) < 4.78 is 17.8. The van der Waals surface area contributed by atoms with Gasteiger partial charge in [0.15, 0.2) is 0 Å². The van der Waals surface area contributed by atoms with Crippen LogP contribution in [0.25, 0.3) is 0 Å². The monoisotopic (exact) mass is 334 g/mol. The van der Waals surface area contributed by atoms with Gasteiger partial charge in [-0.2, -0.15) is 0 Å². The zero-order valence-electron chi connectivity index (χ0n) is 14.8. The number of hydrogen-bond donors (Lipinski definition) is 0. The van der Waals surface area contributed by atoms with Gasteiger partial charge in [-0.05, 0) is 45.4 Å². The van der Waals surface area contributed by atoms with Gasteiger partial charge in [0.2, 0.25) is 5.60 Å². The second-order valence-electron chi connectivity index (χ2n) is 9.30. The molecule has 0 N–H and O–H groups in total. The molecule has 0 aromatic rings. The molecule has 2 saturated heterocycles. The molecule has 2 aliphatic heterocycles. The van der Waals surface area contributed by atoms with Crippen LogP contribution in [0.1, 0.15) is 72.1 Å². The zero-order valence-corrected chi connectivity index (χ0v) is 14.8. The van der Waals surface area contributed by atoms with E-state index in [1.165, 1.54) is 6.42 Å². The molecule has 2 heterocycles. The third kappa shape index (κ3) is 1.33. The molecule has 0 radical (unpaired) electrons. The first kappa shape index (κ1) is 15.2. The van der Waals surface area contributed by atoms with Gasteiger partial charge in [-0.15, -0.1) is 0 Å². The Morgan fingerprint density at radius 1 is 1.08 bits per heavy atom. The van der Waals surface area contributed by atoms with Crippen molar-refractivity contribution in [3.05, 3.63) is 0 Å². The van der Waals surface area contributed by atoms with Gasteiger partial charge in [0.25, 0.3) is 0 Å². The molecule has 0 spiro atoms. The molecule has 2 bridgehead atoms.